The molecule has 0 aliphatic heterocycles. The molecule has 5 heteroatoms. The fourth-order valence-electron chi connectivity index (χ4n) is 1.94. The quantitative estimate of drug-likeness (QED) is 0.838. The smallest absolute Gasteiger partial charge is 0.218 e. The van der Waals surface area contributed by atoms with E-state index >= 15 is 0 Å². The Morgan fingerprint density at radius 2 is 1.75 bits per heavy atom. The molecule has 2 rings (SSSR count). The first-order valence-corrected chi connectivity index (χ1v) is 8.76. The highest BCUT2D eigenvalue weighted by atomic mass is 32.2. The summed E-state index contributed by atoms with van der Waals surface area (Å²) in [7, 11) is -1.59. The van der Waals surface area contributed by atoms with Gasteiger partial charge in [-0.05, 0) is 37.8 Å². The second-order valence-corrected chi connectivity index (χ2v) is 7.87. The van der Waals surface area contributed by atoms with E-state index in [-0.39, 0.29) is 11.8 Å². The molecular formula is C15H24N2O2S. The molecule has 1 saturated carbocycles. The van der Waals surface area contributed by atoms with Crippen molar-refractivity contribution >= 4 is 10.0 Å². The molecule has 1 N–H and O–H groups in total. The predicted molar refractivity (Wildman–Crippen MR) is 81.8 cm³/mol. The van der Waals surface area contributed by atoms with E-state index < -0.39 is 10.0 Å². The summed E-state index contributed by atoms with van der Waals surface area (Å²) in [6, 6.07) is 8.52. The first-order chi connectivity index (χ1) is 9.38. The fourth-order valence-corrected chi connectivity index (χ4v) is 3.40. The van der Waals surface area contributed by atoms with Gasteiger partial charge < -0.3 is 5.32 Å². The molecule has 1 aromatic rings. The van der Waals surface area contributed by atoms with Crippen LogP contribution in [0.4, 0.5) is 0 Å². The third kappa shape index (κ3) is 4.30. The van der Waals surface area contributed by atoms with Gasteiger partial charge in [0, 0.05) is 25.7 Å². The van der Waals surface area contributed by atoms with Crippen molar-refractivity contribution in [2.75, 3.05) is 7.05 Å². The summed E-state index contributed by atoms with van der Waals surface area (Å²) < 4.78 is 25.8. The molecule has 0 saturated heterocycles. The van der Waals surface area contributed by atoms with E-state index in [0.717, 1.165) is 12.1 Å². The summed E-state index contributed by atoms with van der Waals surface area (Å²) in [6.45, 7) is 4.62. The Morgan fingerprint density at radius 3 is 2.25 bits per heavy atom. The zero-order valence-corrected chi connectivity index (χ0v) is 13.3. The summed E-state index contributed by atoms with van der Waals surface area (Å²) in [5.74, 6) is 0.0675. The van der Waals surface area contributed by atoms with Crippen LogP contribution in [-0.4, -0.2) is 31.9 Å². The number of nitrogens with one attached hydrogen (secondary N) is 1. The Kier molecular flexibility index (Phi) is 4.83. The van der Waals surface area contributed by atoms with Crippen molar-refractivity contribution in [3.8, 4) is 0 Å². The predicted octanol–water partition coefficient (Wildman–Crippen LogP) is 2.11. The Morgan fingerprint density at radius 1 is 1.20 bits per heavy atom. The van der Waals surface area contributed by atoms with Gasteiger partial charge in [-0.15, -0.1) is 0 Å². The lowest BCUT2D eigenvalue weighted by Gasteiger charge is -2.21. The largest absolute Gasteiger partial charge is 0.310 e. The number of benzene rings is 1. The highest BCUT2D eigenvalue weighted by Gasteiger charge is 2.21. The lowest BCUT2D eigenvalue weighted by Crippen LogP contribution is -2.33. The minimum absolute atomic E-state index is 0.0120. The van der Waals surface area contributed by atoms with Crippen LogP contribution in [0.25, 0.3) is 0 Å². The number of rotatable bonds is 7. The van der Waals surface area contributed by atoms with Gasteiger partial charge in [-0.1, -0.05) is 24.3 Å². The number of hydrogen-bond acceptors (Lipinski definition) is 3. The lowest BCUT2D eigenvalue weighted by molar-refractivity contribution is 0.410. The second kappa shape index (κ2) is 6.24. The average Bonchev–Trinajstić information content (AvgIpc) is 3.20. The summed E-state index contributed by atoms with van der Waals surface area (Å²) in [6.07, 6.45) is 2.55. The average molecular weight is 296 g/mol. The van der Waals surface area contributed by atoms with Crippen molar-refractivity contribution in [1.29, 1.82) is 0 Å². The van der Waals surface area contributed by atoms with Crippen LogP contribution in [0.5, 0.6) is 0 Å². The second-order valence-electron chi connectivity index (χ2n) is 5.84. The van der Waals surface area contributed by atoms with Gasteiger partial charge >= 0.3 is 0 Å². The molecule has 0 spiro atoms. The topological polar surface area (TPSA) is 49.4 Å². The Labute approximate surface area is 122 Å². The van der Waals surface area contributed by atoms with Crippen LogP contribution in [0.2, 0.25) is 0 Å². The molecule has 20 heavy (non-hydrogen) atoms. The van der Waals surface area contributed by atoms with Gasteiger partial charge in [0.05, 0.1) is 5.75 Å². The van der Waals surface area contributed by atoms with Gasteiger partial charge in [-0.25, -0.2) is 12.7 Å². The van der Waals surface area contributed by atoms with E-state index in [4.69, 9.17) is 0 Å². The normalized spacial score (nSPS) is 16.1. The molecule has 1 aliphatic carbocycles. The van der Waals surface area contributed by atoms with E-state index in [1.807, 2.05) is 38.1 Å². The molecule has 0 aromatic heterocycles. The molecule has 1 fully saturated rings. The van der Waals surface area contributed by atoms with Crippen LogP contribution in [0.1, 0.15) is 37.8 Å². The molecule has 112 valence electrons. The van der Waals surface area contributed by atoms with Crippen LogP contribution in [-0.2, 0) is 22.3 Å². The van der Waals surface area contributed by atoms with Crippen LogP contribution in [0, 0.1) is 0 Å². The van der Waals surface area contributed by atoms with E-state index in [1.54, 1.807) is 7.05 Å². The van der Waals surface area contributed by atoms with Crippen molar-refractivity contribution in [3.05, 3.63) is 35.4 Å². The van der Waals surface area contributed by atoms with E-state index in [0.29, 0.717) is 6.04 Å². The van der Waals surface area contributed by atoms with Gasteiger partial charge in [-0.2, -0.15) is 0 Å². The number of hydrogen-bond donors (Lipinski definition) is 1. The summed E-state index contributed by atoms with van der Waals surface area (Å²) in [5, 5.41) is 3.45. The van der Waals surface area contributed by atoms with Crippen molar-refractivity contribution in [2.45, 2.75) is 51.1 Å². The van der Waals surface area contributed by atoms with Gasteiger partial charge in [0.1, 0.15) is 0 Å². The molecule has 1 aromatic carbocycles. The molecule has 0 bridgehead atoms. The molecule has 1 aliphatic rings. The van der Waals surface area contributed by atoms with Gasteiger partial charge in [0.2, 0.25) is 10.0 Å². The minimum atomic E-state index is -3.22. The number of nitrogens with zero attached hydrogens (tertiary/aromatic N) is 1. The molecule has 0 unspecified atom stereocenters. The lowest BCUT2D eigenvalue weighted by atomic mass is 10.1. The maximum Gasteiger partial charge on any atom is 0.218 e. The van der Waals surface area contributed by atoms with E-state index in [1.165, 1.54) is 22.7 Å². The third-order valence-electron chi connectivity index (χ3n) is 3.71. The monoisotopic (exact) mass is 296 g/mol. The molecule has 0 amide bonds. The highest BCUT2D eigenvalue weighted by Crippen LogP contribution is 2.19. The van der Waals surface area contributed by atoms with Crippen LogP contribution in [0.15, 0.2) is 24.3 Å². The van der Waals surface area contributed by atoms with E-state index in [2.05, 4.69) is 5.32 Å². The third-order valence-corrected chi connectivity index (χ3v) is 5.71. The maximum absolute atomic E-state index is 12.2. The number of sulfonamides is 1. The molecular weight excluding hydrogens is 272 g/mol. The highest BCUT2D eigenvalue weighted by molar-refractivity contribution is 7.88. The van der Waals surface area contributed by atoms with Crippen LogP contribution >= 0.6 is 0 Å². The molecule has 0 heterocycles. The first-order valence-electron chi connectivity index (χ1n) is 7.15. The molecule has 0 atom stereocenters. The zero-order valence-electron chi connectivity index (χ0n) is 12.5. The minimum Gasteiger partial charge on any atom is -0.310 e. The molecule has 0 radical (unpaired) electrons. The Bertz CT molecular complexity index is 533. The summed E-state index contributed by atoms with van der Waals surface area (Å²) in [4.78, 5) is 0. The van der Waals surface area contributed by atoms with E-state index in [9.17, 15) is 8.42 Å². The van der Waals surface area contributed by atoms with Crippen LogP contribution in [0.3, 0.4) is 0 Å². The first kappa shape index (κ1) is 15.5. The van der Waals surface area contributed by atoms with Crippen molar-refractivity contribution in [3.63, 3.8) is 0 Å². The SMILES string of the molecule is CC(C)N(C)S(=O)(=O)Cc1ccc(CNC2CC2)cc1. The Hall–Kier alpha value is -0.910. The fraction of sp³-hybridized carbons (Fsp3) is 0.600. The van der Waals surface area contributed by atoms with Crippen LogP contribution < -0.4 is 5.32 Å². The van der Waals surface area contributed by atoms with Gasteiger partial charge in [-0.3, -0.25) is 0 Å². The maximum atomic E-state index is 12.2. The molecule has 4 nitrogen and oxygen atoms in total. The summed E-state index contributed by atoms with van der Waals surface area (Å²) >= 11 is 0. The van der Waals surface area contributed by atoms with Gasteiger partial charge in [0.25, 0.3) is 0 Å². The van der Waals surface area contributed by atoms with Crippen molar-refractivity contribution < 1.29 is 8.42 Å². The zero-order chi connectivity index (χ0) is 14.8. The Balaban J connectivity index is 1.95. The summed E-state index contributed by atoms with van der Waals surface area (Å²) in [5.41, 5.74) is 2.04. The van der Waals surface area contributed by atoms with Crippen molar-refractivity contribution in [2.24, 2.45) is 0 Å². The van der Waals surface area contributed by atoms with Gasteiger partial charge in [0.15, 0.2) is 0 Å². The van der Waals surface area contributed by atoms with Crippen molar-refractivity contribution in [1.82, 2.24) is 9.62 Å². The standard InChI is InChI=1S/C15H24N2O2S/c1-12(2)17(3)20(18,19)11-14-6-4-13(5-7-14)10-16-15-8-9-15/h4-7,12,15-16H,8-11H2,1-3H3.